The molecule has 1 aromatic heterocycles. The summed E-state index contributed by atoms with van der Waals surface area (Å²) >= 11 is 1.39. The van der Waals surface area contributed by atoms with Gasteiger partial charge in [-0.15, -0.1) is 0 Å². The lowest BCUT2D eigenvalue weighted by molar-refractivity contribution is 0.0376. The minimum absolute atomic E-state index is 0.125. The zero-order chi connectivity index (χ0) is 13.8. The largest absolute Gasteiger partial charge is 0.389 e. The third-order valence-electron chi connectivity index (χ3n) is 3.02. The molecule has 0 saturated carbocycles. The zero-order valence-corrected chi connectivity index (χ0v) is 12.3. The zero-order valence-electron chi connectivity index (χ0n) is 11.5. The number of aliphatic hydroxyl groups is 1. The van der Waals surface area contributed by atoms with Gasteiger partial charge >= 0.3 is 0 Å². The van der Waals surface area contributed by atoms with Crippen molar-refractivity contribution in [3.8, 4) is 0 Å². The maximum Gasteiger partial charge on any atom is 0.251 e. The summed E-state index contributed by atoms with van der Waals surface area (Å²) in [5.74, 6) is 0.680. The molecule has 1 atom stereocenters. The Morgan fingerprint density at radius 2 is 2.22 bits per heavy atom. The number of hydrogen-bond acceptors (Lipinski definition) is 4. The van der Waals surface area contributed by atoms with Crippen molar-refractivity contribution >= 4 is 11.8 Å². The number of rotatable bonds is 6. The minimum Gasteiger partial charge on any atom is -0.389 e. The number of aryl methyl sites for hydroxylation is 1. The number of nitrogens with zero attached hydrogens (tertiary/aromatic N) is 1. The summed E-state index contributed by atoms with van der Waals surface area (Å²) in [6.07, 6.45) is 1.77. The highest BCUT2D eigenvalue weighted by atomic mass is 32.2. The van der Waals surface area contributed by atoms with Crippen LogP contribution >= 0.6 is 11.8 Å². The van der Waals surface area contributed by atoms with Crippen LogP contribution in [0.3, 0.4) is 0 Å². The maximum atomic E-state index is 11.5. The first-order valence-corrected chi connectivity index (χ1v) is 7.29. The molecule has 0 aliphatic heterocycles. The highest BCUT2D eigenvalue weighted by Crippen LogP contribution is 2.24. The number of nitrogens with one attached hydrogen (secondary N) is 1. The Hall–Kier alpha value is -0.810. The van der Waals surface area contributed by atoms with Crippen molar-refractivity contribution in [3.05, 3.63) is 22.1 Å². The van der Waals surface area contributed by atoms with E-state index in [1.54, 1.807) is 6.92 Å². The van der Waals surface area contributed by atoms with Crippen molar-refractivity contribution in [1.29, 1.82) is 0 Å². The summed E-state index contributed by atoms with van der Waals surface area (Å²) in [4.78, 5) is 18.6. The predicted molar refractivity (Wildman–Crippen MR) is 75.0 cm³/mol. The number of aromatic amines is 1. The van der Waals surface area contributed by atoms with Gasteiger partial charge in [0.1, 0.15) is 0 Å². The van der Waals surface area contributed by atoms with Crippen molar-refractivity contribution in [2.75, 3.05) is 5.75 Å². The van der Waals surface area contributed by atoms with Crippen LogP contribution in [-0.2, 0) is 6.42 Å². The van der Waals surface area contributed by atoms with E-state index in [9.17, 15) is 9.90 Å². The molecular formula is C13H22N2O2S. The first-order chi connectivity index (χ1) is 8.35. The lowest BCUT2D eigenvalue weighted by Gasteiger charge is -2.26. The summed E-state index contributed by atoms with van der Waals surface area (Å²) in [5.41, 5.74) is -0.0719. The average molecular weight is 270 g/mol. The lowest BCUT2D eigenvalue weighted by atomic mass is 9.95. The second kappa shape index (κ2) is 6.38. The van der Waals surface area contributed by atoms with Gasteiger partial charge in [-0.25, -0.2) is 4.98 Å². The molecule has 4 nitrogen and oxygen atoms in total. The SMILES string of the molecule is CCCc1cc(=O)[nH]c(SCC(C)(O)C(C)C)n1. The molecule has 0 aliphatic carbocycles. The van der Waals surface area contributed by atoms with Gasteiger partial charge in [-0.2, -0.15) is 0 Å². The van der Waals surface area contributed by atoms with Crippen molar-refractivity contribution in [2.24, 2.45) is 5.92 Å². The van der Waals surface area contributed by atoms with E-state index in [0.29, 0.717) is 10.9 Å². The molecule has 2 N–H and O–H groups in total. The van der Waals surface area contributed by atoms with Crippen molar-refractivity contribution in [3.63, 3.8) is 0 Å². The van der Waals surface area contributed by atoms with Crippen molar-refractivity contribution in [2.45, 2.75) is 51.3 Å². The molecule has 0 spiro atoms. The maximum absolute atomic E-state index is 11.5. The standard InChI is InChI=1S/C13H22N2O2S/c1-5-6-10-7-11(16)15-12(14-10)18-8-13(4,17)9(2)3/h7,9,17H,5-6,8H2,1-4H3,(H,14,15,16). The van der Waals surface area contributed by atoms with Gasteiger partial charge in [-0.05, 0) is 19.3 Å². The molecule has 0 aliphatic rings. The predicted octanol–water partition coefficient (Wildman–Crippen LogP) is 2.22. The fraction of sp³-hybridized carbons (Fsp3) is 0.692. The van der Waals surface area contributed by atoms with Gasteiger partial charge in [0.2, 0.25) is 0 Å². The Labute approximate surface area is 112 Å². The Kier molecular flexibility index (Phi) is 5.41. The van der Waals surface area contributed by atoms with Crippen molar-refractivity contribution < 1.29 is 5.11 Å². The number of hydrogen-bond donors (Lipinski definition) is 2. The Morgan fingerprint density at radius 3 is 2.78 bits per heavy atom. The summed E-state index contributed by atoms with van der Waals surface area (Å²) in [6.45, 7) is 7.81. The molecule has 1 aromatic rings. The first kappa shape index (κ1) is 15.2. The van der Waals surface area contributed by atoms with Crippen LogP contribution < -0.4 is 5.56 Å². The molecule has 0 bridgehead atoms. The summed E-state index contributed by atoms with van der Waals surface area (Å²) in [6, 6.07) is 1.54. The second-order valence-electron chi connectivity index (χ2n) is 5.09. The highest BCUT2D eigenvalue weighted by Gasteiger charge is 2.25. The van der Waals surface area contributed by atoms with Gasteiger partial charge in [0.05, 0.1) is 5.60 Å². The quantitative estimate of drug-likeness (QED) is 0.614. The van der Waals surface area contributed by atoms with E-state index < -0.39 is 5.60 Å². The van der Waals surface area contributed by atoms with Gasteiger partial charge in [0.15, 0.2) is 5.16 Å². The number of aromatic nitrogens is 2. The van der Waals surface area contributed by atoms with Gasteiger partial charge < -0.3 is 10.1 Å². The molecule has 0 aromatic carbocycles. The van der Waals surface area contributed by atoms with Crippen LogP contribution in [0, 0.1) is 5.92 Å². The first-order valence-electron chi connectivity index (χ1n) is 6.30. The molecule has 5 heteroatoms. The number of thioether (sulfide) groups is 1. The van der Waals surface area contributed by atoms with Crippen LogP contribution in [0.1, 0.15) is 39.8 Å². The summed E-state index contributed by atoms with van der Waals surface area (Å²) in [7, 11) is 0. The fourth-order valence-corrected chi connectivity index (χ4v) is 2.43. The van der Waals surface area contributed by atoms with E-state index in [1.165, 1.54) is 17.8 Å². The number of H-pyrrole nitrogens is 1. The fourth-order valence-electron chi connectivity index (χ4n) is 1.32. The van der Waals surface area contributed by atoms with Gasteiger partial charge in [0, 0.05) is 17.5 Å². The van der Waals surface area contributed by atoms with E-state index in [0.717, 1.165) is 18.5 Å². The molecule has 1 unspecified atom stereocenters. The molecule has 18 heavy (non-hydrogen) atoms. The molecule has 102 valence electrons. The van der Waals surface area contributed by atoms with Crippen molar-refractivity contribution in [1.82, 2.24) is 9.97 Å². The van der Waals surface area contributed by atoms with Crippen LogP contribution in [0.15, 0.2) is 16.0 Å². The Morgan fingerprint density at radius 1 is 1.56 bits per heavy atom. The molecule has 1 rings (SSSR count). The van der Waals surface area contributed by atoms with Crippen LogP contribution in [0.5, 0.6) is 0 Å². The third-order valence-corrected chi connectivity index (χ3v) is 4.22. The average Bonchev–Trinajstić information content (AvgIpc) is 2.26. The molecule has 0 radical (unpaired) electrons. The van der Waals surface area contributed by atoms with E-state index in [1.807, 2.05) is 13.8 Å². The van der Waals surface area contributed by atoms with Crippen LogP contribution in [-0.4, -0.2) is 26.4 Å². The van der Waals surface area contributed by atoms with Crippen LogP contribution in [0.2, 0.25) is 0 Å². The van der Waals surface area contributed by atoms with Gasteiger partial charge in [-0.3, -0.25) is 4.79 Å². The Bertz CT molecular complexity index is 441. The molecule has 0 fully saturated rings. The Balaban J connectivity index is 2.76. The monoisotopic (exact) mass is 270 g/mol. The van der Waals surface area contributed by atoms with E-state index in [-0.39, 0.29) is 11.5 Å². The normalized spacial score (nSPS) is 14.8. The van der Waals surface area contributed by atoms with E-state index in [2.05, 4.69) is 16.9 Å². The molecular weight excluding hydrogens is 248 g/mol. The highest BCUT2D eigenvalue weighted by molar-refractivity contribution is 7.99. The third kappa shape index (κ3) is 4.46. The van der Waals surface area contributed by atoms with Crippen LogP contribution in [0.4, 0.5) is 0 Å². The smallest absolute Gasteiger partial charge is 0.251 e. The minimum atomic E-state index is -0.760. The van der Waals surface area contributed by atoms with Gasteiger partial charge in [0.25, 0.3) is 5.56 Å². The van der Waals surface area contributed by atoms with Gasteiger partial charge in [-0.1, -0.05) is 39.0 Å². The lowest BCUT2D eigenvalue weighted by Crippen LogP contribution is -2.34. The summed E-state index contributed by atoms with van der Waals surface area (Å²) < 4.78 is 0. The summed E-state index contributed by atoms with van der Waals surface area (Å²) in [5, 5.41) is 10.7. The molecule has 1 heterocycles. The second-order valence-corrected chi connectivity index (χ2v) is 6.06. The van der Waals surface area contributed by atoms with Crippen LogP contribution in [0.25, 0.3) is 0 Å². The van der Waals surface area contributed by atoms with E-state index in [4.69, 9.17) is 0 Å². The molecule has 0 amide bonds. The topological polar surface area (TPSA) is 66.0 Å². The molecule has 0 saturated heterocycles. The van der Waals surface area contributed by atoms with E-state index >= 15 is 0 Å².